The summed E-state index contributed by atoms with van der Waals surface area (Å²) in [5.74, 6) is -0.887. The maximum Gasteiger partial charge on any atom is 0.364 e. The third-order valence-corrected chi connectivity index (χ3v) is 5.91. The van der Waals surface area contributed by atoms with Gasteiger partial charge in [0.1, 0.15) is 24.2 Å². The molecule has 166 valence electrons. The van der Waals surface area contributed by atoms with Gasteiger partial charge in [0, 0.05) is 0 Å². The average Bonchev–Trinajstić information content (AvgIpc) is 3.11. The van der Waals surface area contributed by atoms with Gasteiger partial charge in [-0.15, -0.1) is 0 Å². The first-order valence-electron chi connectivity index (χ1n) is 9.56. The fraction of sp³-hybridized carbons (Fsp3) is 0.588. The fourth-order valence-electron chi connectivity index (χ4n) is 2.52. The molecule has 0 radical (unpaired) electrons. The Morgan fingerprint density at radius 3 is 2.67 bits per heavy atom. The molecule has 0 aliphatic carbocycles. The molecule has 0 saturated heterocycles. The first-order chi connectivity index (χ1) is 14.2. The zero-order valence-electron chi connectivity index (χ0n) is 17.5. The van der Waals surface area contributed by atoms with Gasteiger partial charge < -0.3 is 24.8 Å². The lowest BCUT2D eigenvalue weighted by Gasteiger charge is -2.22. The number of rotatable bonds is 12. The van der Waals surface area contributed by atoms with Crippen molar-refractivity contribution in [2.45, 2.75) is 59.2 Å². The van der Waals surface area contributed by atoms with E-state index in [1.165, 1.54) is 13.3 Å². The number of anilines is 1. The van der Waals surface area contributed by atoms with Crippen LogP contribution >= 0.6 is 7.52 Å². The van der Waals surface area contributed by atoms with Gasteiger partial charge >= 0.3 is 13.5 Å². The Morgan fingerprint density at radius 1 is 1.33 bits per heavy atom. The first-order valence-corrected chi connectivity index (χ1v) is 11.4. The van der Waals surface area contributed by atoms with E-state index in [9.17, 15) is 9.36 Å². The monoisotopic (exact) mass is 441 g/mol. The molecule has 30 heavy (non-hydrogen) atoms. The molecule has 0 saturated carbocycles. The van der Waals surface area contributed by atoms with Crippen molar-refractivity contribution in [3.63, 3.8) is 0 Å². The van der Waals surface area contributed by atoms with Gasteiger partial charge in [0.05, 0.1) is 24.7 Å². The highest BCUT2D eigenvalue weighted by Gasteiger charge is 2.31. The number of carboxylic acid groups (broad SMARTS) is 1. The zero-order chi connectivity index (χ0) is 22.3. The molecule has 2 rings (SSSR count). The highest BCUT2D eigenvalue weighted by atomic mass is 31.2. The van der Waals surface area contributed by atoms with Crippen molar-refractivity contribution >= 4 is 36.2 Å². The van der Waals surface area contributed by atoms with Gasteiger partial charge in [0.15, 0.2) is 11.5 Å². The van der Waals surface area contributed by atoms with E-state index in [0.717, 1.165) is 0 Å². The summed E-state index contributed by atoms with van der Waals surface area (Å²) in [5, 5.41) is 15.6. The van der Waals surface area contributed by atoms with Crippen LogP contribution < -0.4 is 10.8 Å². The molecule has 0 fully saturated rings. The second-order valence-electron chi connectivity index (χ2n) is 6.74. The Kier molecular flexibility index (Phi) is 8.27. The van der Waals surface area contributed by atoms with Crippen LogP contribution in [0.5, 0.6) is 0 Å². The van der Waals surface area contributed by atoms with Crippen molar-refractivity contribution < 1.29 is 23.8 Å². The van der Waals surface area contributed by atoms with E-state index in [0.29, 0.717) is 36.3 Å². The molecule has 0 aliphatic heterocycles. The number of fused-ring (bicyclic) bond motifs is 1. The number of nitrogens with zero attached hydrogens (tertiary/aromatic N) is 5. The molecule has 0 amide bonds. The third-order valence-electron chi connectivity index (χ3n) is 4.29. The van der Waals surface area contributed by atoms with Crippen LogP contribution in [-0.4, -0.2) is 54.8 Å². The Morgan fingerprint density at radius 2 is 2.03 bits per heavy atom. The van der Waals surface area contributed by atoms with E-state index < -0.39 is 25.6 Å². The summed E-state index contributed by atoms with van der Waals surface area (Å²) in [4.78, 5) is 23.4. The quantitative estimate of drug-likeness (QED) is 0.252. The maximum atomic E-state index is 13.1. The van der Waals surface area contributed by atoms with Crippen molar-refractivity contribution in [2.24, 2.45) is 5.16 Å². The number of imidazole rings is 1. The molecule has 0 spiro atoms. The van der Waals surface area contributed by atoms with Gasteiger partial charge in [-0.25, -0.2) is 20.0 Å². The number of aliphatic carboxylic acids is 1. The lowest BCUT2D eigenvalue weighted by atomic mass is 10.2. The molecular weight excluding hydrogens is 413 g/mol. The van der Waals surface area contributed by atoms with Gasteiger partial charge in [0.25, 0.3) is 0 Å². The highest BCUT2D eigenvalue weighted by molar-refractivity contribution is 7.56. The number of hydrogen-bond acceptors (Lipinski definition) is 9. The molecule has 13 heteroatoms. The molecule has 2 heterocycles. The third kappa shape index (κ3) is 6.22. The average molecular weight is 441 g/mol. The zero-order valence-corrected chi connectivity index (χ0v) is 18.4. The van der Waals surface area contributed by atoms with E-state index >= 15 is 0 Å². The minimum absolute atomic E-state index is 0.276. The van der Waals surface area contributed by atoms with Crippen molar-refractivity contribution in [1.29, 1.82) is 0 Å². The largest absolute Gasteiger partial charge is 0.480 e. The number of oxime groups is 1. The summed E-state index contributed by atoms with van der Waals surface area (Å²) in [6.07, 6.45) is 3.38. The number of carbonyl (C=O) groups is 1. The molecule has 2 aromatic rings. The number of nitrogen functional groups attached to an aromatic ring is 1. The Balaban J connectivity index is 2.08. The van der Waals surface area contributed by atoms with Crippen LogP contribution in [0.1, 0.15) is 40.5 Å². The van der Waals surface area contributed by atoms with Crippen LogP contribution in [0.15, 0.2) is 17.8 Å². The molecule has 3 atom stereocenters. The second-order valence-corrected chi connectivity index (χ2v) is 8.77. The highest BCUT2D eigenvalue weighted by Crippen LogP contribution is 2.44. The Bertz CT molecular complexity index is 942. The van der Waals surface area contributed by atoms with Crippen molar-refractivity contribution in [3.8, 4) is 0 Å². The number of hydrogen-bond donors (Lipinski definition) is 3. The summed E-state index contributed by atoms with van der Waals surface area (Å²) >= 11 is 0. The van der Waals surface area contributed by atoms with Crippen LogP contribution in [0.25, 0.3) is 11.2 Å². The van der Waals surface area contributed by atoms with Gasteiger partial charge in [-0.05, 0) is 26.7 Å². The predicted octanol–water partition coefficient (Wildman–Crippen LogP) is 2.22. The number of nitrogens with two attached hydrogens (primary N) is 1. The molecule has 12 nitrogen and oxygen atoms in total. The van der Waals surface area contributed by atoms with Crippen LogP contribution in [0.2, 0.25) is 0 Å². The first kappa shape index (κ1) is 23.7. The van der Waals surface area contributed by atoms with E-state index in [1.54, 1.807) is 17.8 Å². The normalized spacial score (nSPS) is 15.3. The van der Waals surface area contributed by atoms with Gasteiger partial charge in [0.2, 0.25) is 0 Å². The fourth-order valence-corrected chi connectivity index (χ4v) is 4.09. The second kappa shape index (κ2) is 10.5. The summed E-state index contributed by atoms with van der Waals surface area (Å²) in [6, 6.07) is -1.10. The standard InChI is InChI=1S/C17H28N7O5P/c1-5-13(6-2)22-29-30(27,23-12(4)17(25)26)10-28-11(3)7-24-9-21-14-15(18)19-8-20-16(14)24/h8-9,11-12H,5-7,10H2,1-4H3,(H,23,27)(H,25,26)(H2,18,19,20)/t11-,12+,30?/m1/s1. The lowest BCUT2D eigenvalue weighted by molar-refractivity contribution is -0.138. The number of aromatic nitrogens is 4. The summed E-state index contributed by atoms with van der Waals surface area (Å²) in [6.45, 7) is 7.28. The van der Waals surface area contributed by atoms with Crippen LogP contribution in [0.4, 0.5) is 5.82 Å². The molecule has 0 aromatic carbocycles. The molecule has 0 aliphatic rings. The summed E-state index contributed by atoms with van der Waals surface area (Å²) < 4.78 is 25.8. The maximum absolute atomic E-state index is 13.1. The topological polar surface area (TPSA) is 167 Å². The minimum atomic E-state index is -3.72. The number of carboxylic acids is 1. The van der Waals surface area contributed by atoms with Crippen molar-refractivity contribution in [1.82, 2.24) is 24.6 Å². The Labute approximate surface area is 174 Å². The molecule has 2 aromatic heterocycles. The lowest BCUT2D eigenvalue weighted by Crippen LogP contribution is -2.33. The van der Waals surface area contributed by atoms with Crippen molar-refractivity contribution in [2.75, 3.05) is 12.1 Å². The van der Waals surface area contributed by atoms with Gasteiger partial charge in [-0.2, -0.15) is 0 Å². The van der Waals surface area contributed by atoms with E-state index in [2.05, 4.69) is 25.2 Å². The van der Waals surface area contributed by atoms with E-state index in [4.69, 9.17) is 20.2 Å². The van der Waals surface area contributed by atoms with Crippen LogP contribution in [-0.2, 0) is 25.3 Å². The van der Waals surface area contributed by atoms with Crippen molar-refractivity contribution in [3.05, 3.63) is 12.7 Å². The Hall–Kier alpha value is -2.56. The van der Waals surface area contributed by atoms with Gasteiger partial charge in [-0.1, -0.05) is 19.0 Å². The predicted molar refractivity (Wildman–Crippen MR) is 112 cm³/mol. The summed E-state index contributed by atoms with van der Waals surface area (Å²) in [5.41, 5.74) is 7.53. The SMILES string of the molecule is CCC(CC)=NOP(=O)(CO[C@H](C)Cn1cnc2c(N)ncnc21)N[C@@H](C)C(=O)O. The molecule has 1 unspecified atom stereocenters. The summed E-state index contributed by atoms with van der Waals surface area (Å²) in [7, 11) is -3.72. The molecule has 4 N–H and O–H groups in total. The number of ether oxygens (including phenoxy) is 1. The smallest absolute Gasteiger partial charge is 0.364 e. The van der Waals surface area contributed by atoms with E-state index in [-0.39, 0.29) is 12.2 Å². The van der Waals surface area contributed by atoms with Crippen LogP contribution in [0, 0.1) is 0 Å². The molecule has 0 bridgehead atoms. The minimum Gasteiger partial charge on any atom is -0.480 e. The molecular formula is C17H28N7O5P. The van der Waals surface area contributed by atoms with Gasteiger partial charge in [-0.3, -0.25) is 9.36 Å². The van der Waals surface area contributed by atoms with E-state index in [1.807, 2.05) is 13.8 Å². The van der Waals surface area contributed by atoms with Crippen LogP contribution in [0.3, 0.4) is 0 Å². The number of nitrogens with one attached hydrogen (secondary N) is 1.